The number of nitrogens with zero attached hydrogens (tertiary/aromatic N) is 4. The maximum atomic E-state index is 12.3. The highest BCUT2D eigenvalue weighted by Crippen LogP contribution is 2.13. The van der Waals surface area contributed by atoms with Crippen LogP contribution in [-0.2, 0) is 6.54 Å². The predicted molar refractivity (Wildman–Crippen MR) is 85.8 cm³/mol. The number of fused-ring (bicyclic) bond motifs is 1. The van der Waals surface area contributed by atoms with Gasteiger partial charge in [-0.2, -0.15) is 9.94 Å². The van der Waals surface area contributed by atoms with Gasteiger partial charge in [0.25, 0.3) is 0 Å². The summed E-state index contributed by atoms with van der Waals surface area (Å²) < 4.78 is 1.18. The highest BCUT2D eigenvalue weighted by molar-refractivity contribution is 5.88. The summed E-state index contributed by atoms with van der Waals surface area (Å²) in [5, 5.41) is 19.6. The molecule has 0 saturated carbocycles. The minimum Gasteiger partial charge on any atom is -0.332 e. The topological polar surface area (TPSA) is 83.6 Å². The number of hydrogen-bond donors (Lipinski definition) is 1. The van der Waals surface area contributed by atoms with Crippen LogP contribution in [0.25, 0.3) is 11.0 Å². The molecule has 23 heavy (non-hydrogen) atoms. The Hall–Kier alpha value is -3.20. The Morgan fingerprint density at radius 1 is 1.22 bits per heavy atom. The first kappa shape index (κ1) is 14.7. The van der Waals surface area contributed by atoms with Crippen molar-refractivity contribution in [3.05, 3.63) is 58.7 Å². The van der Waals surface area contributed by atoms with E-state index in [1.54, 1.807) is 18.2 Å². The number of carbonyl (C=O) groups is 1. The fourth-order valence-corrected chi connectivity index (χ4v) is 2.30. The van der Waals surface area contributed by atoms with Crippen LogP contribution >= 0.6 is 0 Å². The van der Waals surface area contributed by atoms with Crippen molar-refractivity contribution in [3.8, 4) is 6.07 Å². The lowest BCUT2D eigenvalue weighted by atomic mass is 10.1. The quantitative estimate of drug-likeness (QED) is 0.789. The lowest BCUT2D eigenvalue weighted by Gasteiger charge is -2.07. The van der Waals surface area contributed by atoms with Gasteiger partial charge in [-0.1, -0.05) is 23.4 Å². The highest BCUT2D eigenvalue weighted by atomic mass is 16.2. The molecule has 0 bridgehead atoms. The van der Waals surface area contributed by atoms with Crippen molar-refractivity contribution in [2.75, 3.05) is 0 Å². The summed E-state index contributed by atoms with van der Waals surface area (Å²) in [7, 11) is 0. The van der Waals surface area contributed by atoms with Crippen LogP contribution in [0.1, 0.15) is 22.3 Å². The maximum Gasteiger partial charge on any atom is 0.344 e. The molecule has 1 amide bonds. The lowest BCUT2D eigenvalue weighted by Crippen LogP contribution is -2.29. The molecule has 0 saturated heterocycles. The first-order chi connectivity index (χ1) is 11.1. The van der Waals surface area contributed by atoms with E-state index in [4.69, 9.17) is 5.26 Å². The van der Waals surface area contributed by atoms with E-state index in [1.165, 1.54) is 15.8 Å². The molecule has 3 rings (SSSR count). The van der Waals surface area contributed by atoms with Gasteiger partial charge in [0, 0.05) is 6.54 Å². The van der Waals surface area contributed by atoms with E-state index in [-0.39, 0.29) is 6.03 Å². The molecule has 0 fully saturated rings. The summed E-state index contributed by atoms with van der Waals surface area (Å²) in [5.41, 5.74) is 4.96. The van der Waals surface area contributed by atoms with Gasteiger partial charge >= 0.3 is 6.03 Å². The number of nitrogens with one attached hydrogen (secondary N) is 1. The predicted octanol–water partition coefficient (Wildman–Crippen LogP) is 2.68. The summed E-state index contributed by atoms with van der Waals surface area (Å²) in [6.07, 6.45) is 0. The molecule has 0 aliphatic rings. The number of benzene rings is 2. The Balaban J connectivity index is 1.80. The molecule has 6 heteroatoms. The Kier molecular flexibility index (Phi) is 3.77. The monoisotopic (exact) mass is 305 g/mol. The van der Waals surface area contributed by atoms with Gasteiger partial charge in [-0.25, -0.2) is 4.79 Å². The molecule has 0 aliphatic carbocycles. The second kappa shape index (κ2) is 5.89. The standard InChI is InChI=1S/C17H15N5O/c1-11-3-4-14(7-12(11)2)10-19-17(23)22-16-8-13(9-18)5-6-15(16)20-21-22/h3-8H,10H2,1-2H3,(H,19,23). The minimum atomic E-state index is -0.374. The zero-order valence-corrected chi connectivity index (χ0v) is 12.9. The van der Waals surface area contributed by atoms with Gasteiger partial charge in [0.05, 0.1) is 11.6 Å². The number of aryl methyl sites for hydroxylation is 2. The molecule has 114 valence electrons. The summed E-state index contributed by atoms with van der Waals surface area (Å²) in [4.78, 5) is 12.3. The summed E-state index contributed by atoms with van der Waals surface area (Å²) in [6.45, 7) is 4.49. The third-order valence-electron chi connectivity index (χ3n) is 3.78. The van der Waals surface area contributed by atoms with Crippen LogP contribution in [0.15, 0.2) is 36.4 Å². The van der Waals surface area contributed by atoms with E-state index in [1.807, 2.05) is 38.1 Å². The molecule has 0 unspecified atom stereocenters. The number of aromatic nitrogens is 3. The van der Waals surface area contributed by atoms with Crippen LogP contribution in [-0.4, -0.2) is 21.0 Å². The van der Waals surface area contributed by atoms with Crippen molar-refractivity contribution in [2.24, 2.45) is 0 Å². The van der Waals surface area contributed by atoms with E-state index in [0.29, 0.717) is 23.1 Å². The van der Waals surface area contributed by atoms with Crippen LogP contribution in [0.2, 0.25) is 0 Å². The van der Waals surface area contributed by atoms with Crippen LogP contribution in [0, 0.1) is 25.2 Å². The number of rotatable bonds is 2. The van der Waals surface area contributed by atoms with Crippen molar-refractivity contribution in [3.63, 3.8) is 0 Å². The maximum absolute atomic E-state index is 12.3. The minimum absolute atomic E-state index is 0.374. The van der Waals surface area contributed by atoms with Gasteiger partial charge in [0.1, 0.15) is 11.0 Å². The molecule has 2 aromatic carbocycles. The SMILES string of the molecule is Cc1ccc(CNC(=O)n2nnc3ccc(C#N)cc32)cc1C. The number of carbonyl (C=O) groups excluding carboxylic acids is 1. The first-order valence-electron chi connectivity index (χ1n) is 7.18. The largest absolute Gasteiger partial charge is 0.344 e. The Labute approximate surface area is 133 Å². The molecule has 0 radical (unpaired) electrons. The average Bonchev–Trinajstić information content (AvgIpc) is 2.98. The van der Waals surface area contributed by atoms with E-state index in [0.717, 1.165) is 5.56 Å². The summed E-state index contributed by atoms with van der Waals surface area (Å²) in [5.74, 6) is 0. The molecule has 1 N–H and O–H groups in total. The number of amides is 1. The summed E-state index contributed by atoms with van der Waals surface area (Å²) in [6, 6.07) is 12.6. The van der Waals surface area contributed by atoms with Gasteiger partial charge in [0.15, 0.2) is 0 Å². The molecule has 0 aliphatic heterocycles. The van der Waals surface area contributed by atoms with Crippen LogP contribution in [0.3, 0.4) is 0 Å². The second-order valence-electron chi connectivity index (χ2n) is 5.39. The van der Waals surface area contributed by atoms with Crippen molar-refractivity contribution in [2.45, 2.75) is 20.4 Å². The molecule has 1 heterocycles. The Morgan fingerprint density at radius 3 is 2.78 bits per heavy atom. The van der Waals surface area contributed by atoms with Crippen molar-refractivity contribution < 1.29 is 4.79 Å². The fraction of sp³-hybridized carbons (Fsp3) is 0.176. The van der Waals surface area contributed by atoms with E-state index in [2.05, 4.69) is 15.6 Å². The molecule has 6 nitrogen and oxygen atoms in total. The Morgan fingerprint density at radius 2 is 2.04 bits per heavy atom. The molecular weight excluding hydrogens is 290 g/mol. The Bertz CT molecular complexity index is 936. The third kappa shape index (κ3) is 2.90. The normalized spacial score (nSPS) is 10.5. The highest BCUT2D eigenvalue weighted by Gasteiger charge is 2.12. The molecule has 0 spiro atoms. The molecule has 3 aromatic rings. The van der Waals surface area contributed by atoms with Crippen molar-refractivity contribution >= 4 is 17.1 Å². The first-order valence-corrected chi connectivity index (χ1v) is 7.18. The number of nitriles is 1. The fourth-order valence-electron chi connectivity index (χ4n) is 2.30. The second-order valence-corrected chi connectivity index (χ2v) is 5.39. The van der Waals surface area contributed by atoms with E-state index in [9.17, 15) is 4.79 Å². The van der Waals surface area contributed by atoms with E-state index >= 15 is 0 Å². The van der Waals surface area contributed by atoms with Crippen LogP contribution < -0.4 is 5.32 Å². The third-order valence-corrected chi connectivity index (χ3v) is 3.78. The molecule has 0 atom stereocenters. The van der Waals surface area contributed by atoms with Gasteiger partial charge < -0.3 is 5.32 Å². The van der Waals surface area contributed by atoms with Crippen LogP contribution in [0.4, 0.5) is 4.79 Å². The van der Waals surface area contributed by atoms with Gasteiger partial charge in [0.2, 0.25) is 0 Å². The van der Waals surface area contributed by atoms with E-state index < -0.39 is 0 Å². The van der Waals surface area contributed by atoms with Gasteiger partial charge in [-0.15, -0.1) is 5.10 Å². The molecule has 1 aromatic heterocycles. The zero-order valence-electron chi connectivity index (χ0n) is 12.9. The van der Waals surface area contributed by atoms with Crippen LogP contribution in [0.5, 0.6) is 0 Å². The average molecular weight is 305 g/mol. The number of hydrogen-bond acceptors (Lipinski definition) is 4. The van der Waals surface area contributed by atoms with Gasteiger partial charge in [-0.3, -0.25) is 0 Å². The summed E-state index contributed by atoms with van der Waals surface area (Å²) >= 11 is 0. The van der Waals surface area contributed by atoms with Crippen molar-refractivity contribution in [1.82, 2.24) is 20.3 Å². The lowest BCUT2D eigenvalue weighted by molar-refractivity contribution is 0.239. The smallest absolute Gasteiger partial charge is 0.332 e. The van der Waals surface area contributed by atoms with Gasteiger partial charge in [-0.05, 0) is 48.7 Å². The van der Waals surface area contributed by atoms with Crippen molar-refractivity contribution in [1.29, 1.82) is 5.26 Å². The molecular formula is C17H15N5O. The zero-order chi connectivity index (χ0) is 16.4.